The number of aromatic nitrogens is 2. The zero-order valence-corrected chi connectivity index (χ0v) is 15.2. The van der Waals surface area contributed by atoms with Crippen LogP contribution in [0.25, 0.3) is 0 Å². The van der Waals surface area contributed by atoms with E-state index in [1.165, 1.54) is 17.7 Å². The van der Waals surface area contributed by atoms with Gasteiger partial charge in [0.15, 0.2) is 11.6 Å². The van der Waals surface area contributed by atoms with Gasteiger partial charge in [0, 0.05) is 13.1 Å². The molecule has 1 heterocycles. The summed E-state index contributed by atoms with van der Waals surface area (Å²) in [6, 6.07) is 21.6. The molecule has 6 nitrogen and oxygen atoms in total. The summed E-state index contributed by atoms with van der Waals surface area (Å²) in [6.45, 7) is 3.51. The molecule has 1 aromatic heterocycles. The maximum atomic E-state index is 12.3. The van der Waals surface area contributed by atoms with Crippen LogP contribution >= 0.6 is 0 Å². The zero-order valence-electron chi connectivity index (χ0n) is 14.4. The average molecular weight is 368 g/mol. The van der Waals surface area contributed by atoms with Crippen molar-refractivity contribution >= 4 is 21.7 Å². The van der Waals surface area contributed by atoms with Gasteiger partial charge < -0.3 is 4.90 Å². The molecule has 1 N–H and O–H groups in total. The van der Waals surface area contributed by atoms with E-state index in [0.29, 0.717) is 12.4 Å². The molecule has 0 aliphatic carbocycles. The van der Waals surface area contributed by atoms with Crippen molar-refractivity contribution in [1.82, 2.24) is 10.2 Å². The summed E-state index contributed by atoms with van der Waals surface area (Å²) < 4.78 is 27.1. The van der Waals surface area contributed by atoms with Gasteiger partial charge in [0.25, 0.3) is 10.0 Å². The molecule has 2 aromatic carbocycles. The van der Waals surface area contributed by atoms with E-state index in [4.69, 9.17) is 0 Å². The van der Waals surface area contributed by atoms with Crippen LogP contribution < -0.4 is 9.62 Å². The fourth-order valence-electron chi connectivity index (χ4n) is 2.50. The molecule has 0 amide bonds. The third kappa shape index (κ3) is 4.37. The van der Waals surface area contributed by atoms with E-state index < -0.39 is 10.0 Å². The summed E-state index contributed by atoms with van der Waals surface area (Å²) in [6.07, 6.45) is 0. The Morgan fingerprint density at radius 2 is 1.54 bits per heavy atom. The molecule has 134 valence electrons. The summed E-state index contributed by atoms with van der Waals surface area (Å²) in [5, 5.41) is 8.19. The molecule has 0 aliphatic rings. The highest BCUT2D eigenvalue weighted by Gasteiger charge is 2.15. The van der Waals surface area contributed by atoms with Crippen LogP contribution in [0, 0.1) is 0 Å². The minimum atomic E-state index is -3.67. The number of nitrogens with one attached hydrogen (secondary N) is 1. The third-order valence-electron chi connectivity index (χ3n) is 3.86. The third-order valence-corrected chi connectivity index (χ3v) is 5.24. The van der Waals surface area contributed by atoms with Crippen LogP contribution in [0.2, 0.25) is 0 Å². The largest absolute Gasteiger partial charge is 0.351 e. The van der Waals surface area contributed by atoms with Crippen molar-refractivity contribution in [2.24, 2.45) is 0 Å². The van der Waals surface area contributed by atoms with Crippen LogP contribution in [-0.4, -0.2) is 25.2 Å². The van der Waals surface area contributed by atoms with Crippen LogP contribution in [0.5, 0.6) is 0 Å². The Kier molecular flexibility index (Phi) is 5.48. The highest BCUT2D eigenvalue weighted by atomic mass is 32.2. The fraction of sp³-hybridized carbons (Fsp3) is 0.158. The number of nitrogens with zero attached hydrogens (tertiary/aromatic N) is 3. The van der Waals surface area contributed by atoms with E-state index in [9.17, 15) is 8.42 Å². The van der Waals surface area contributed by atoms with Gasteiger partial charge in [0.05, 0.1) is 4.90 Å². The van der Waals surface area contributed by atoms with Gasteiger partial charge in [-0.25, -0.2) is 8.42 Å². The lowest BCUT2D eigenvalue weighted by atomic mass is 10.2. The lowest BCUT2D eigenvalue weighted by Gasteiger charge is -2.21. The molecule has 0 atom stereocenters. The Bertz CT molecular complexity index is 930. The van der Waals surface area contributed by atoms with Gasteiger partial charge in [0.1, 0.15) is 0 Å². The highest BCUT2D eigenvalue weighted by molar-refractivity contribution is 7.92. The SMILES string of the molecule is CCN(Cc1ccccc1)c1ccc(NS(=O)(=O)c2ccccc2)nn1. The Morgan fingerprint density at radius 3 is 2.12 bits per heavy atom. The van der Waals surface area contributed by atoms with Crippen LogP contribution in [0.1, 0.15) is 12.5 Å². The Morgan fingerprint density at radius 1 is 0.885 bits per heavy atom. The molecule has 3 rings (SSSR count). The molecule has 0 unspecified atom stereocenters. The molecule has 0 spiro atoms. The van der Waals surface area contributed by atoms with E-state index in [-0.39, 0.29) is 10.7 Å². The van der Waals surface area contributed by atoms with Crippen molar-refractivity contribution < 1.29 is 8.42 Å². The monoisotopic (exact) mass is 368 g/mol. The predicted molar refractivity (Wildman–Crippen MR) is 102 cm³/mol. The summed E-state index contributed by atoms with van der Waals surface area (Å²) in [7, 11) is -3.67. The van der Waals surface area contributed by atoms with Gasteiger partial charge in [0.2, 0.25) is 0 Å². The highest BCUT2D eigenvalue weighted by Crippen LogP contribution is 2.17. The summed E-state index contributed by atoms with van der Waals surface area (Å²) in [5.74, 6) is 0.882. The quantitative estimate of drug-likeness (QED) is 0.692. The van der Waals surface area contributed by atoms with Crippen molar-refractivity contribution in [3.8, 4) is 0 Å². The second-order valence-corrected chi connectivity index (χ2v) is 7.38. The predicted octanol–water partition coefficient (Wildman–Crippen LogP) is 3.30. The Balaban J connectivity index is 1.73. The van der Waals surface area contributed by atoms with Gasteiger partial charge in [-0.05, 0) is 36.8 Å². The second-order valence-electron chi connectivity index (χ2n) is 5.70. The van der Waals surface area contributed by atoms with Gasteiger partial charge in [-0.2, -0.15) is 0 Å². The molecule has 3 aromatic rings. The zero-order chi connectivity index (χ0) is 18.4. The number of rotatable bonds is 7. The van der Waals surface area contributed by atoms with E-state index in [1.54, 1.807) is 30.3 Å². The molecule has 0 bridgehead atoms. The maximum Gasteiger partial charge on any atom is 0.263 e. The summed E-state index contributed by atoms with van der Waals surface area (Å²) in [4.78, 5) is 2.25. The lowest BCUT2D eigenvalue weighted by Crippen LogP contribution is -2.23. The molecule has 0 saturated heterocycles. The first kappa shape index (κ1) is 17.9. The average Bonchev–Trinajstić information content (AvgIpc) is 2.68. The van der Waals surface area contributed by atoms with Crippen molar-refractivity contribution in [2.75, 3.05) is 16.2 Å². The van der Waals surface area contributed by atoms with E-state index in [1.807, 2.05) is 25.1 Å². The van der Waals surface area contributed by atoms with Crippen LogP contribution in [0.15, 0.2) is 77.7 Å². The van der Waals surface area contributed by atoms with Crippen molar-refractivity contribution in [3.63, 3.8) is 0 Å². The van der Waals surface area contributed by atoms with Crippen molar-refractivity contribution in [2.45, 2.75) is 18.4 Å². The molecule has 0 fully saturated rings. The Labute approximate surface area is 153 Å². The first-order chi connectivity index (χ1) is 12.6. The van der Waals surface area contributed by atoms with Gasteiger partial charge in [-0.3, -0.25) is 4.72 Å². The van der Waals surface area contributed by atoms with Gasteiger partial charge >= 0.3 is 0 Å². The van der Waals surface area contributed by atoms with E-state index in [2.05, 4.69) is 32.0 Å². The molecule has 26 heavy (non-hydrogen) atoms. The topological polar surface area (TPSA) is 75.2 Å². The standard InChI is InChI=1S/C19H20N4O2S/c1-2-23(15-16-9-5-3-6-10-16)19-14-13-18(20-21-19)22-26(24,25)17-11-7-4-8-12-17/h3-14H,2,15H2,1H3,(H,20,22). The Hall–Kier alpha value is -2.93. The smallest absolute Gasteiger partial charge is 0.263 e. The van der Waals surface area contributed by atoms with Crippen molar-refractivity contribution in [3.05, 3.63) is 78.4 Å². The fourth-order valence-corrected chi connectivity index (χ4v) is 3.52. The normalized spacial score (nSPS) is 11.1. The minimum absolute atomic E-state index is 0.185. The lowest BCUT2D eigenvalue weighted by molar-refractivity contribution is 0.601. The van der Waals surface area contributed by atoms with Gasteiger partial charge in [-0.15, -0.1) is 10.2 Å². The minimum Gasteiger partial charge on any atom is -0.351 e. The first-order valence-corrected chi connectivity index (χ1v) is 9.77. The first-order valence-electron chi connectivity index (χ1n) is 8.29. The van der Waals surface area contributed by atoms with Crippen LogP contribution in [0.3, 0.4) is 0 Å². The number of hydrogen-bond acceptors (Lipinski definition) is 5. The van der Waals surface area contributed by atoms with E-state index in [0.717, 1.165) is 6.54 Å². The summed E-state index contributed by atoms with van der Waals surface area (Å²) in [5.41, 5.74) is 1.17. The van der Waals surface area contributed by atoms with Crippen LogP contribution in [0.4, 0.5) is 11.6 Å². The maximum absolute atomic E-state index is 12.3. The van der Waals surface area contributed by atoms with Crippen molar-refractivity contribution in [1.29, 1.82) is 0 Å². The number of benzene rings is 2. The molecule has 7 heteroatoms. The number of sulfonamides is 1. The second kappa shape index (κ2) is 7.97. The van der Waals surface area contributed by atoms with Crippen LogP contribution in [-0.2, 0) is 16.6 Å². The summed E-state index contributed by atoms with van der Waals surface area (Å²) >= 11 is 0. The molecule has 0 aliphatic heterocycles. The number of hydrogen-bond donors (Lipinski definition) is 1. The number of anilines is 2. The molecular weight excluding hydrogens is 348 g/mol. The molecule has 0 saturated carbocycles. The molecule has 0 radical (unpaired) electrons. The van der Waals surface area contributed by atoms with E-state index >= 15 is 0 Å². The molecular formula is C19H20N4O2S. The van der Waals surface area contributed by atoms with Gasteiger partial charge in [-0.1, -0.05) is 48.5 Å².